The van der Waals surface area contributed by atoms with Gasteiger partial charge in [0.15, 0.2) is 0 Å². The number of hydrogen-bond donors (Lipinski definition) is 2. The highest BCUT2D eigenvalue weighted by molar-refractivity contribution is 5.73. The highest BCUT2D eigenvalue weighted by atomic mass is 16.5. The van der Waals surface area contributed by atoms with Crippen molar-refractivity contribution >= 4 is 5.97 Å². The molecule has 0 saturated heterocycles. The van der Waals surface area contributed by atoms with Gasteiger partial charge in [-0.1, -0.05) is 0 Å². The predicted octanol–water partition coefficient (Wildman–Crippen LogP) is 0.761. The molecule has 2 rings (SSSR count). The Balaban J connectivity index is 1.68. The molecule has 2 aliphatic carbocycles. The lowest BCUT2D eigenvalue weighted by Gasteiger charge is -2.27. The molecule has 0 bridgehead atoms. The molecular formula is C10H17NO3. The molecule has 0 aromatic carbocycles. The molecule has 80 valence electrons. The van der Waals surface area contributed by atoms with E-state index in [2.05, 4.69) is 5.32 Å². The Morgan fingerprint density at radius 2 is 2.14 bits per heavy atom. The minimum absolute atomic E-state index is 0.316. The number of aliphatic carboxylic acids is 1. The molecule has 2 N–H and O–H groups in total. The number of carbonyl (C=O) groups is 1. The first kappa shape index (κ1) is 9.93. The zero-order chi connectivity index (χ0) is 9.97. The number of hydrogen-bond acceptors (Lipinski definition) is 3. The third kappa shape index (κ3) is 2.69. The fourth-order valence-electron chi connectivity index (χ4n) is 1.49. The first-order valence-corrected chi connectivity index (χ1v) is 5.36. The van der Waals surface area contributed by atoms with Crippen molar-refractivity contribution in [3.8, 4) is 0 Å². The number of carboxylic acid groups (broad SMARTS) is 1. The van der Waals surface area contributed by atoms with Gasteiger partial charge < -0.3 is 9.84 Å². The van der Waals surface area contributed by atoms with Crippen molar-refractivity contribution in [2.24, 2.45) is 0 Å². The summed E-state index contributed by atoms with van der Waals surface area (Å²) < 4.78 is 5.49. The topological polar surface area (TPSA) is 58.6 Å². The summed E-state index contributed by atoms with van der Waals surface area (Å²) in [5.41, 5.74) is 0. The van der Waals surface area contributed by atoms with Gasteiger partial charge in [-0.15, -0.1) is 0 Å². The van der Waals surface area contributed by atoms with Crippen molar-refractivity contribution < 1.29 is 14.6 Å². The van der Waals surface area contributed by atoms with Gasteiger partial charge in [-0.2, -0.15) is 0 Å². The van der Waals surface area contributed by atoms with Crippen molar-refractivity contribution in [1.29, 1.82) is 0 Å². The van der Waals surface area contributed by atoms with Crippen LogP contribution >= 0.6 is 0 Å². The van der Waals surface area contributed by atoms with E-state index in [-0.39, 0.29) is 0 Å². The second kappa shape index (κ2) is 4.28. The second-order valence-electron chi connectivity index (χ2n) is 4.22. The standard InChI is InChI=1S/C10H17NO3/c12-10(13)9(11-7-4-5-7)6-14-8-2-1-3-8/h7-9,11H,1-6H2,(H,12,13). The summed E-state index contributed by atoms with van der Waals surface area (Å²) in [7, 11) is 0. The van der Waals surface area contributed by atoms with Gasteiger partial charge in [0.05, 0.1) is 12.7 Å². The molecule has 0 aromatic rings. The minimum atomic E-state index is -0.795. The fourth-order valence-corrected chi connectivity index (χ4v) is 1.49. The molecule has 0 amide bonds. The number of carboxylic acids is 1. The quantitative estimate of drug-likeness (QED) is 0.663. The Kier molecular flexibility index (Phi) is 3.03. The Labute approximate surface area is 83.6 Å². The lowest BCUT2D eigenvalue weighted by molar-refractivity contribution is -0.142. The Morgan fingerprint density at radius 3 is 2.57 bits per heavy atom. The third-order valence-corrected chi connectivity index (χ3v) is 2.86. The molecule has 4 heteroatoms. The van der Waals surface area contributed by atoms with Gasteiger partial charge >= 0.3 is 5.97 Å². The van der Waals surface area contributed by atoms with Gasteiger partial charge in [-0.25, -0.2) is 0 Å². The monoisotopic (exact) mass is 199 g/mol. The largest absolute Gasteiger partial charge is 0.480 e. The van der Waals surface area contributed by atoms with E-state index < -0.39 is 12.0 Å². The molecule has 1 atom stereocenters. The lowest BCUT2D eigenvalue weighted by atomic mass is 9.96. The van der Waals surface area contributed by atoms with Crippen LogP contribution in [0.3, 0.4) is 0 Å². The molecular weight excluding hydrogens is 182 g/mol. The molecule has 0 aliphatic heterocycles. The molecule has 0 spiro atoms. The molecule has 0 radical (unpaired) electrons. The van der Waals surface area contributed by atoms with Crippen LogP contribution in [-0.2, 0) is 9.53 Å². The average molecular weight is 199 g/mol. The van der Waals surface area contributed by atoms with E-state index in [9.17, 15) is 4.79 Å². The van der Waals surface area contributed by atoms with Crippen LogP contribution in [0.4, 0.5) is 0 Å². The first-order chi connectivity index (χ1) is 6.75. The van der Waals surface area contributed by atoms with E-state index in [1.54, 1.807) is 0 Å². The molecule has 1 unspecified atom stereocenters. The zero-order valence-corrected chi connectivity index (χ0v) is 8.24. The molecule has 2 fully saturated rings. The van der Waals surface area contributed by atoms with Crippen LogP contribution < -0.4 is 5.32 Å². The van der Waals surface area contributed by atoms with Crippen LogP contribution in [-0.4, -0.2) is 35.9 Å². The van der Waals surface area contributed by atoms with Crippen LogP contribution in [0, 0.1) is 0 Å². The fraction of sp³-hybridized carbons (Fsp3) is 0.900. The van der Waals surface area contributed by atoms with Crippen LogP contribution in [0.5, 0.6) is 0 Å². The molecule has 14 heavy (non-hydrogen) atoms. The maximum Gasteiger partial charge on any atom is 0.323 e. The predicted molar refractivity (Wildman–Crippen MR) is 51.2 cm³/mol. The Bertz CT molecular complexity index is 211. The normalized spacial score (nSPS) is 24.3. The molecule has 2 saturated carbocycles. The summed E-state index contributed by atoms with van der Waals surface area (Å²) in [5, 5.41) is 12.0. The highest BCUT2D eigenvalue weighted by Gasteiger charge is 2.29. The number of ether oxygens (including phenoxy) is 1. The van der Waals surface area contributed by atoms with Crippen LogP contribution in [0.25, 0.3) is 0 Å². The number of rotatable bonds is 6. The van der Waals surface area contributed by atoms with Gasteiger partial charge in [-0.05, 0) is 32.1 Å². The summed E-state index contributed by atoms with van der Waals surface area (Å²) in [4.78, 5) is 10.8. The van der Waals surface area contributed by atoms with Crippen LogP contribution in [0.2, 0.25) is 0 Å². The van der Waals surface area contributed by atoms with E-state index in [4.69, 9.17) is 9.84 Å². The third-order valence-electron chi connectivity index (χ3n) is 2.86. The van der Waals surface area contributed by atoms with E-state index in [1.807, 2.05) is 0 Å². The summed E-state index contributed by atoms with van der Waals surface area (Å²) in [6.07, 6.45) is 5.93. The van der Waals surface area contributed by atoms with Gasteiger partial charge in [-0.3, -0.25) is 10.1 Å². The maximum absolute atomic E-state index is 10.8. The van der Waals surface area contributed by atoms with E-state index in [0.717, 1.165) is 25.7 Å². The highest BCUT2D eigenvalue weighted by Crippen LogP contribution is 2.23. The minimum Gasteiger partial charge on any atom is -0.480 e. The smallest absolute Gasteiger partial charge is 0.323 e. The second-order valence-corrected chi connectivity index (χ2v) is 4.22. The Hall–Kier alpha value is -0.610. The molecule has 0 aromatic heterocycles. The average Bonchev–Trinajstić information content (AvgIpc) is 2.82. The van der Waals surface area contributed by atoms with Crippen molar-refractivity contribution in [3.63, 3.8) is 0 Å². The molecule has 4 nitrogen and oxygen atoms in total. The van der Waals surface area contributed by atoms with Gasteiger partial charge in [0.25, 0.3) is 0 Å². The Morgan fingerprint density at radius 1 is 1.43 bits per heavy atom. The van der Waals surface area contributed by atoms with Gasteiger partial charge in [0.1, 0.15) is 6.04 Å². The van der Waals surface area contributed by atoms with Crippen molar-refractivity contribution in [2.45, 2.75) is 50.3 Å². The molecule has 0 heterocycles. The van der Waals surface area contributed by atoms with E-state index in [1.165, 1.54) is 6.42 Å². The summed E-state index contributed by atoms with van der Waals surface area (Å²) in [6, 6.07) is -0.0933. The summed E-state index contributed by atoms with van der Waals surface area (Å²) in [6.45, 7) is 0.316. The summed E-state index contributed by atoms with van der Waals surface area (Å²) >= 11 is 0. The van der Waals surface area contributed by atoms with E-state index in [0.29, 0.717) is 18.8 Å². The van der Waals surface area contributed by atoms with Crippen LogP contribution in [0.15, 0.2) is 0 Å². The molecule has 2 aliphatic rings. The van der Waals surface area contributed by atoms with Crippen LogP contribution in [0.1, 0.15) is 32.1 Å². The first-order valence-electron chi connectivity index (χ1n) is 5.36. The number of nitrogens with one attached hydrogen (secondary N) is 1. The summed E-state index contributed by atoms with van der Waals surface area (Å²) in [5.74, 6) is -0.795. The zero-order valence-electron chi connectivity index (χ0n) is 8.24. The maximum atomic E-state index is 10.8. The SMILES string of the molecule is O=C(O)C(COC1CCC1)NC1CC1. The van der Waals surface area contributed by atoms with E-state index >= 15 is 0 Å². The lowest BCUT2D eigenvalue weighted by Crippen LogP contribution is -2.43. The van der Waals surface area contributed by atoms with Gasteiger partial charge in [0, 0.05) is 6.04 Å². The van der Waals surface area contributed by atoms with Gasteiger partial charge in [0.2, 0.25) is 0 Å². The van der Waals surface area contributed by atoms with Crippen molar-refractivity contribution in [3.05, 3.63) is 0 Å². The van der Waals surface area contributed by atoms with Crippen molar-refractivity contribution in [1.82, 2.24) is 5.32 Å². The van der Waals surface area contributed by atoms with Crippen molar-refractivity contribution in [2.75, 3.05) is 6.61 Å².